The van der Waals surface area contributed by atoms with Crippen molar-refractivity contribution in [3.05, 3.63) is 59.7 Å². The zero-order chi connectivity index (χ0) is 19.9. The lowest BCUT2D eigenvalue weighted by Crippen LogP contribution is -2.30. The number of hydrogen-bond donors (Lipinski definition) is 2. The van der Waals surface area contributed by atoms with Crippen LogP contribution in [-0.2, 0) is 16.1 Å². The molecule has 6 heteroatoms. The van der Waals surface area contributed by atoms with E-state index < -0.39 is 12.1 Å². The molecule has 0 aromatic heterocycles. The Morgan fingerprint density at radius 2 is 1.68 bits per heavy atom. The van der Waals surface area contributed by atoms with Gasteiger partial charge in [-0.25, -0.2) is 4.79 Å². The number of rotatable bonds is 6. The summed E-state index contributed by atoms with van der Waals surface area (Å²) in [5.74, 6) is -0.960. The predicted molar refractivity (Wildman–Crippen MR) is 108 cm³/mol. The van der Waals surface area contributed by atoms with Gasteiger partial charge in [0.1, 0.15) is 0 Å². The Bertz CT molecular complexity index is 796. The summed E-state index contributed by atoms with van der Waals surface area (Å²) in [6.45, 7) is 3.58. The number of aliphatic hydroxyl groups excluding tert-OH is 1. The molecule has 28 heavy (non-hydrogen) atoms. The lowest BCUT2D eigenvalue weighted by atomic mass is 10.1. The highest BCUT2D eigenvalue weighted by molar-refractivity contribution is 5.97. The summed E-state index contributed by atoms with van der Waals surface area (Å²) in [4.78, 5) is 26.8. The number of amides is 1. The minimum Gasteiger partial charge on any atom is -0.449 e. The van der Waals surface area contributed by atoms with Crippen LogP contribution in [0.5, 0.6) is 0 Å². The summed E-state index contributed by atoms with van der Waals surface area (Å²) in [6, 6.07) is 14.2. The van der Waals surface area contributed by atoms with E-state index in [1.54, 1.807) is 24.3 Å². The van der Waals surface area contributed by atoms with E-state index in [0.29, 0.717) is 16.8 Å². The Labute approximate surface area is 165 Å². The molecule has 6 nitrogen and oxygen atoms in total. The van der Waals surface area contributed by atoms with Crippen molar-refractivity contribution in [3.8, 4) is 0 Å². The van der Waals surface area contributed by atoms with E-state index in [1.807, 2.05) is 24.3 Å². The number of ether oxygens (including phenoxy) is 1. The first-order valence-corrected chi connectivity index (χ1v) is 9.63. The molecule has 0 radical (unpaired) electrons. The number of hydrogen-bond acceptors (Lipinski definition) is 5. The zero-order valence-corrected chi connectivity index (χ0v) is 16.1. The van der Waals surface area contributed by atoms with E-state index in [9.17, 15) is 9.59 Å². The molecule has 2 aromatic rings. The normalized spacial score (nSPS) is 15.0. The van der Waals surface area contributed by atoms with E-state index in [0.717, 1.165) is 18.8 Å². The number of carbonyl (C=O) groups excluding carboxylic acids is 2. The third-order valence-electron chi connectivity index (χ3n) is 4.88. The molecule has 0 bridgehead atoms. The number of nitrogens with zero attached hydrogens (tertiary/aromatic N) is 1. The molecule has 1 amide bonds. The molecule has 3 rings (SSSR count). The average molecular weight is 382 g/mol. The van der Waals surface area contributed by atoms with Gasteiger partial charge in [0, 0.05) is 24.5 Å². The Morgan fingerprint density at radius 3 is 2.29 bits per heavy atom. The lowest BCUT2D eigenvalue weighted by molar-refractivity contribution is -0.123. The average Bonchev–Trinajstić information content (AvgIpc) is 2.75. The summed E-state index contributed by atoms with van der Waals surface area (Å²) >= 11 is 0. The topological polar surface area (TPSA) is 78.9 Å². The van der Waals surface area contributed by atoms with Crippen molar-refractivity contribution in [2.75, 3.05) is 23.3 Å². The maximum atomic E-state index is 12.3. The summed E-state index contributed by atoms with van der Waals surface area (Å²) in [5, 5.41) is 11.8. The molecule has 1 heterocycles. The standard InChI is InChI=1S/C22H26N2O4/c1-16(28-22(27)18-7-5-17(15-25)6-8-18)21(26)23-19-9-11-20(12-10-19)24-13-3-2-4-14-24/h5-12,16,25H,2-4,13-15H2,1H3,(H,23,26)/t16-/m0/s1. The van der Waals surface area contributed by atoms with E-state index >= 15 is 0 Å². The number of piperidine rings is 1. The molecule has 1 aliphatic heterocycles. The van der Waals surface area contributed by atoms with Crippen molar-refractivity contribution in [2.24, 2.45) is 0 Å². The van der Waals surface area contributed by atoms with Crippen LogP contribution in [0, 0.1) is 0 Å². The van der Waals surface area contributed by atoms with Crippen LogP contribution in [0.3, 0.4) is 0 Å². The van der Waals surface area contributed by atoms with Gasteiger partial charge in [-0.3, -0.25) is 4.79 Å². The first-order valence-electron chi connectivity index (χ1n) is 9.63. The van der Waals surface area contributed by atoms with Gasteiger partial charge in [-0.2, -0.15) is 0 Å². The van der Waals surface area contributed by atoms with Crippen molar-refractivity contribution in [2.45, 2.75) is 38.9 Å². The summed E-state index contributed by atoms with van der Waals surface area (Å²) in [7, 11) is 0. The van der Waals surface area contributed by atoms with Gasteiger partial charge in [0.15, 0.2) is 6.10 Å². The molecule has 2 N–H and O–H groups in total. The number of esters is 1. The first kappa shape index (κ1) is 19.9. The zero-order valence-electron chi connectivity index (χ0n) is 16.1. The molecule has 0 aliphatic carbocycles. The van der Waals surface area contributed by atoms with Crippen molar-refractivity contribution < 1.29 is 19.4 Å². The summed E-state index contributed by atoms with van der Waals surface area (Å²) in [5.41, 5.74) is 2.86. The van der Waals surface area contributed by atoms with Crippen LogP contribution < -0.4 is 10.2 Å². The Balaban J connectivity index is 1.53. The fraction of sp³-hybridized carbons (Fsp3) is 0.364. The molecule has 0 saturated carbocycles. The third-order valence-corrected chi connectivity index (χ3v) is 4.88. The molecular weight excluding hydrogens is 356 g/mol. The maximum Gasteiger partial charge on any atom is 0.338 e. The number of aliphatic hydroxyl groups is 1. The Morgan fingerprint density at radius 1 is 1.04 bits per heavy atom. The van der Waals surface area contributed by atoms with Crippen molar-refractivity contribution >= 4 is 23.3 Å². The summed E-state index contributed by atoms with van der Waals surface area (Å²) < 4.78 is 5.24. The first-order chi connectivity index (χ1) is 13.6. The number of carbonyl (C=O) groups is 2. The van der Waals surface area contributed by atoms with Crippen LogP contribution in [-0.4, -0.2) is 36.2 Å². The van der Waals surface area contributed by atoms with Crippen LogP contribution >= 0.6 is 0 Å². The monoisotopic (exact) mass is 382 g/mol. The van der Waals surface area contributed by atoms with Gasteiger partial charge in [-0.05, 0) is 68.1 Å². The van der Waals surface area contributed by atoms with Crippen LogP contribution in [0.25, 0.3) is 0 Å². The van der Waals surface area contributed by atoms with Crippen LogP contribution in [0.1, 0.15) is 42.1 Å². The van der Waals surface area contributed by atoms with E-state index in [2.05, 4.69) is 10.2 Å². The second-order valence-electron chi connectivity index (χ2n) is 6.99. The van der Waals surface area contributed by atoms with Gasteiger partial charge in [-0.1, -0.05) is 12.1 Å². The van der Waals surface area contributed by atoms with Gasteiger partial charge >= 0.3 is 5.97 Å². The molecule has 1 atom stereocenters. The minimum absolute atomic E-state index is 0.0926. The smallest absolute Gasteiger partial charge is 0.338 e. The van der Waals surface area contributed by atoms with Crippen LogP contribution in [0.15, 0.2) is 48.5 Å². The molecule has 1 aliphatic rings. The lowest BCUT2D eigenvalue weighted by Gasteiger charge is -2.28. The molecular formula is C22H26N2O4. The maximum absolute atomic E-state index is 12.3. The van der Waals surface area contributed by atoms with Crippen LogP contribution in [0.2, 0.25) is 0 Å². The van der Waals surface area contributed by atoms with Gasteiger partial charge in [0.25, 0.3) is 5.91 Å². The highest BCUT2D eigenvalue weighted by Gasteiger charge is 2.19. The highest BCUT2D eigenvalue weighted by atomic mass is 16.5. The third kappa shape index (κ3) is 5.10. The molecule has 0 spiro atoms. The van der Waals surface area contributed by atoms with Crippen molar-refractivity contribution in [3.63, 3.8) is 0 Å². The second kappa shape index (κ2) is 9.37. The minimum atomic E-state index is -0.924. The quantitative estimate of drug-likeness (QED) is 0.749. The SMILES string of the molecule is C[C@H](OC(=O)c1ccc(CO)cc1)C(=O)Nc1ccc(N2CCCCC2)cc1. The van der Waals surface area contributed by atoms with Gasteiger partial charge in [0.05, 0.1) is 12.2 Å². The van der Waals surface area contributed by atoms with Crippen molar-refractivity contribution in [1.82, 2.24) is 0 Å². The van der Waals surface area contributed by atoms with Gasteiger partial charge in [-0.15, -0.1) is 0 Å². The Kier molecular flexibility index (Phi) is 6.66. The fourth-order valence-electron chi connectivity index (χ4n) is 3.18. The van der Waals surface area contributed by atoms with E-state index in [1.165, 1.54) is 26.2 Å². The van der Waals surface area contributed by atoms with Crippen molar-refractivity contribution in [1.29, 1.82) is 0 Å². The predicted octanol–water partition coefficient (Wildman–Crippen LogP) is 3.35. The van der Waals surface area contributed by atoms with Crippen LogP contribution in [0.4, 0.5) is 11.4 Å². The largest absolute Gasteiger partial charge is 0.449 e. The fourth-order valence-corrected chi connectivity index (χ4v) is 3.18. The number of benzene rings is 2. The highest BCUT2D eigenvalue weighted by Crippen LogP contribution is 2.22. The second-order valence-corrected chi connectivity index (χ2v) is 6.99. The Hall–Kier alpha value is -2.86. The molecule has 1 saturated heterocycles. The molecule has 0 unspecified atom stereocenters. The molecule has 2 aromatic carbocycles. The summed E-state index contributed by atoms with van der Waals surface area (Å²) in [6.07, 6.45) is 2.79. The van der Waals surface area contributed by atoms with Gasteiger partial charge in [0.2, 0.25) is 0 Å². The van der Waals surface area contributed by atoms with E-state index in [4.69, 9.17) is 9.84 Å². The molecule has 1 fully saturated rings. The number of anilines is 2. The molecule has 148 valence electrons. The van der Waals surface area contributed by atoms with E-state index in [-0.39, 0.29) is 12.5 Å². The number of nitrogens with one attached hydrogen (secondary N) is 1. The van der Waals surface area contributed by atoms with Gasteiger partial charge < -0.3 is 20.1 Å².